The van der Waals surface area contributed by atoms with Crippen LogP contribution in [0.5, 0.6) is 0 Å². The van der Waals surface area contributed by atoms with E-state index in [4.69, 9.17) is 14.9 Å². The molecular weight excluding hydrogens is 252 g/mol. The molecule has 0 radical (unpaired) electrons. The van der Waals surface area contributed by atoms with E-state index in [0.29, 0.717) is 24.3 Å². The maximum Gasteiger partial charge on any atom is 0.221 e. The zero-order valence-electron chi connectivity index (χ0n) is 12.1. The van der Waals surface area contributed by atoms with Crippen LogP contribution in [-0.2, 0) is 11.3 Å². The van der Waals surface area contributed by atoms with Crippen LogP contribution >= 0.6 is 0 Å². The zero-order valence-corrected chi connectivity index (χ0v) is 12.1. The Morgan fingerprint density at radius 1 is 1.25 bits per heavy atom. The quantitative estimate of drug-likeness (QED) is 0.866. The lowest BCUT2D eigenvalue weighted by molar-refractivity contribution is -0.0169. The van der Waals surface area contributed by atoms with Crippen LogP contribution in [0.15, 0.2) is 22.6 Å². The fourth-order valence-electron chi connectivity index (χ4n) is 3.25. The molecule has 108 valence electrons. The number of benzene rings is 1. The van der Waals surface area contributed by atoms with Gasteiger partial charge in [-0.3, -0.25) is 0 Å². The van der Waals surface area contributed by atoms with E-state index in [0.717, 1.165) is 35.8 Å². The summed E-state index contributed by atoms with van der Waals surface area (Å²) in [7, 11) is 0. The van der Waals surface area contributed by atoms with Crippen molar-refractivity contribution in [3.05, 3.63) is 24.1 Å². The van der Waals surface area contributed by atoms with Crippen LogP contribution in [0.25, 0.3) is 11.1 Å². The van der Waals surface area contributed by atoms with Gasteiger partial charge in [0.05, 0.1) is 6.10 Å². The van der Waals surface area contributed by atoms with E-state index in [1.807, 2.05) is 12.1 Å². The first-order chi connectivity index (χ1) is 9.60. The minimum absolute atomic E-state index is 0.328. The summed E-state index contributed by atoms with van der Waals surface area (Å²) in [6, 6.07) is 5.51. The Labute approximate surface area is 119 Å². The maximum absolute atomic E-state index is 5.98. The molecule has 2 aromatic rings. The molecule has 20 heavy (non-hydrogen) atoms. The first-order valence-electron chi connectivity index (χ1n) is 7.36. The van der Waals surface area contributed by atoms with Gasteiger partial charge in [0.1, 0.15) is 12.1 Å². The van der Waals surface area contributed by atoms with Gasteiger partial charge in [0.2, 0.25) is 5.89 Å². The number of nitrogen functional groups attached to an aromatic ring is 1. The third-order valence-electron chi connectivity index (χ3n) is 4.03. The largest absolute Gasteiger partial charge is 0.438 e. The fraction of sp³-hybridized carbons (Fsp3) is 0.562. The topological polar surface area (TPSA) is 61.3 Å². The number of ether oxygens (including phenoxy) is 1. The van der Waals surface area contributed by atoms with Gasteiger partial charge in [0, 0.05) is 11.8 Å². The molecule has 0 spiro atoms. The van der Waals surface area contributed by atoms with E-state index in [2.05, 4.69) is 18.8 Å². The molecule has 0 aliphatic heterocycles. The van der Waals surface area contributed by atoms with Crippen molar-refractivity contribution in [3.8, 4) is 0 Å². The molecule has 4 nitrogen and oxygen atoms in total. The second-order valence-corrected chi connectivity index (χ2v) is 6.19. The van der Waals surface area contributed by atoms with Gasteiger partial charge in [0.15, 0.2) is 5.58 Å². The first-order valence-corrected chi connectivity index (χ1v) is 7.36. The van der Waals surface area contributed by atoms with Crippen molar-refractivity contribution in [3.63, 3.8) is 0 Å². The number of anilines is 1. The van der Waals surface area contributed by atoms with Crippen molar-refractivity contribution < 1.29 is 9.15 Å². The number of hydrogen-bond acceptors (Lipinski definition) is 4. The Balaban J connectivity index is 1.64. The van der Waals surface area contributed by atoms with Gasteiger partial charge in [-0.2, -0.15) is 0 Å². The fourth-order valence-corrected chi connectivity index (χ4v) is 3.25. The average Bonchev–Trinajstić information content (AvgIpc) is 2.77. The lowest BCUT2D eigenvalue weighted by Gasteiger charge is -2.30. The van der Waals surface area contributed by atoms with Crippen LogP contribution in [0.3, 0.4) is 0 Å². The summed E-state index contributed by atoms with van der Waals surface area (Å²) < 4.78 is 11.7. The number of rotatable bonds is 3. The molecule has 0 bridgehead atoms. The lowest BCUT2D eigenvalue weighted by atomic mass is 9.82. The molecule has 1 heterocycles. The van der Waals surface area contributed by atoms with Crippen LogP contribution < -0.4 is 5.73 Å². The number of oxazole rings is 1. The number of nitrogens with two attached hydrogens (primary N) is 1. The van der Waals surface area contributed by atoms with Crippen molar-refractivity contribution in [2.45, 2.75) is 45.8 Å². The summed E-state index contributed by atoms with van der Waals surface area (Å²) in [5.74, 6) is 2.12. The van der Waals surface area contributed by atoms with E-state index in [1.54, 1.807) is 6.07 Å². The van der Waals surface area contributed by atoms with Gasteiger partial charge in [-0.15, -0.1) is 0 Å². The number of nitrogens with zero attached hydrogens (tertiary/aromatic N) is 1. The normalized spacial score (nSPS) is 27.0. The highest BCUT2D eigenvalue weighted by molar-refractivity contribution is 5.76. The highest BCUT2D eigenvalue weighted by atomic mass is 16.5. The van der Waals surface area contributed by atoms with E-state index >= 15 is 0 Å². The van der Waals surface area contributed by atoms with Gasteiger partial charge in [0.25, 0.3) is 0 Å². The van der Waals surface area contributed by atoms with Gasteiger partial charge in [-0.25, -0.2) is 4.98 Å². The van der Waals surface area contributed by atoms with Crippen LogP contribution in [0.2, 0.25) is 0 Å². The second kappa shape index (κ2) is 5.44. The van der Waals surface area contributed by atoms with E-state index in [-0.39, 0.29) is 0 Å². The standard InChI is InChI=1S/C16H22N2O2/c1-10-5-11(2)7-13(6-10)19-9-16-18-14-4-3-12(17)8-15(14)20-16/h3-4,8,10-11,13H,5-7,9,17H2,1-2H3. The molecule has 3 rings (SSSR count). The van der Waals surface area contributed by atoms with E-state index in [9.17, 15) is 0 Å². The third-order valence-corrected chi connectivity index (χ3v) is 4.03. The Hall–Kier alpha value is -1.55. The molecule has 1 saturated carbocycles. The van der Waals surface area contributed by atoms with Crippen LogP contribution in [0.4, 0.5) is 5.69 Å². The zero-order chi connectivity index (χ0) is 14.1. The molecule has 1 aliphatic carbocycles. The Bertz CT molecular complexity index is 583. The molecule has 1 aliphatic rings. The molecular formula is C16H22N2O2. The monoisotopic (exact) mass is 274 g/mol. The minimum Gasteiger partial charge on any atom is -0.438 e. The molecule has 1 aromatic heterocycles. The van der Waals surface area contributed by atoms with Crippen molar-refractivity contribution >= 4 is 16.8 Å². The van der Waals surface area contributed by atoms with Crippen LogP contribution in [0, 0.1) is 11.8 Å². The molecule has 0 amide bonds. The predicted molar refractivity (Wildman–Crippen MR) is 79.2 cm³/mol. The van der Waals surface area contributed by atoms with Gasteiger partial charge < -0.3 is 14.9 Å². The number of fused-ring (bicyclic) bond motifs is 1. The Morgan fingerprint density at radius 2 is 2.00 bits per heavy atom. The highest BCUT2D eigenvalue weighted by Crippen LogP contribution is 2.31. The minimum atomic E-state index is 0.328. The van der Waals surface area contributed by atoms with Crippen molar-refractivity contribution in [1.29, 1.82) is 0 Å². The summed E-state index contributed by atoms with van der Waals surface area (Å²) in [6.45, 7) is 5.04. The Morgan fingerprint density at radius 3 is 2.75 bits per heavy atom. The van der Waals surface area contributed by atoms with Crippen molar-refractivity contribution in [1.82, 2.24) is 4.98 Å². The maximum atomic E-state index is 5.98. The first kappa shape index (κ1) is 13.4. The van der Waals surface area contributed by atoms with Gasteiger partial charge in [-0.05, 0) is 43.2 Å². The van der Waals surface area contributed by atoms with Crippen molar-refractivity contribution in [2.24, 2.45) is 11.8 Å². The van der Waals surface area contributed by atoms with Crippen molar-refractivity contribution in [2.75, 3.05) is 5.73 Å². The van der Waals surface area contributed by atoms with Gasteiger partial charge >= 0.3 is 0 Å². The molecule has 2 atom stereocenters. The summed E-state index contributed by atoms with van der Waals surface area (Å²) >= 11 is 0. The Kier molecular flexibility index (Phi) is 3.66. The van der Waals surface area contributed by atoms with Crippen LogP contribution in [-0.4, -0.2) is 11.1 Å². The highest BCUT2D eigenvalue weighted by Gasteiger charge is 2.24. The summed E-state index contributed by atoms with van der Waals surface area (Å²) in [5.41, 5.74) is 7.99. The average molecular weight is 274 g/mol. The third kappa shape index (κ3) is 2.96. The molecule has 1 aromatic carbocycles. The summed E-state index contributed by atoms with van der Waals surface area (Å²) in [4.78, 5) is 4.43. The smallest absolute Gasteiger partial charge is 0.221 e. The van der Waals surface area contributed by atoms with Crippen LogP contribution in [0.1, 0.15) is 39.0 Å². The second-order valence-electron chi connectivity index (χ2n) is 6.19. The van der Waals surface area contributed by atoms with E-state index < -0.39 is 0 Å². The molecule has 2 N–H and O–H groups in total. The number of aromatic nitrogens is 1. The summed E-state index contributed by atoms with van der Waals surface area (Å²) in [6.07, 6.45) is 3.91. The molecule has 4 heteroatoms. The molecule has 2 unspecified atom stereocenters. The lowest BCUT2D eigenvalue weighted by Crippen LogP contribution is -2.26. The van der Waals surface area contributed by atoms with E-state index in [1.165, 1.54) is 6.42 Å². The number of hydrogen-bond donors (Lipinski definition) is 1. The van der Waals surface area contributed by atoms with Gasteiger partial charge in [-0.1, -0.05) is 13.8 Å². The molecule has 1 fully saturated rings. The summed E-state index contributed by atoms with van der Waals surface area (Å²) in [5, 5.41) is 0. The SMILES string of the molecule is CC1CC(C)CC(OCc2nc3ccc(N)cc3o2)C1. The molecule has 0 saturated heterocycles. The predicted octanol–water partition coefficient (Wildman–Crippen LogP) is 3.75.